The summed E-state index contributed by atoms with van der Waals surface area (Å²) in [5.74, 6) is -0.0754. The Labute approximate surface area is 210 Å². The summed E-state index contributed by atoms with van der Waals surface area (Å²) in [6.45, 7) is 4.33. The minimum atomic E-state index is -0.447. The zero-order valence-electron chi connectivity index (χ0n) is 19.8. The summed E-state index contributed by atoms with van der Waals surface area (Å²) in [6, 6.07) is 21.4. The van der Waals surface area contributed by atoms with Crippen LogP contribution in [-0.2, 0) is 12.8 Å². The van der Waals surface area contributed by atoms with Crippen molar-refractivity contribution in [3.8, 4) is 11.1 Å². The van der Waals surface area contributed by atoms with Gasteiger partial charge in [0, 0.05) is 23.9 Å². The first kappa shape index (κ1) is 23.3. The summed E-state index contributed by atoms with van der Waals surface area (Å²) in [7, 11) is 0. The Hall–Kier alpha value is -3.43. The summed E-state index contributed by atoms with van der Waals surface area (Å²) in [5.41, 5.74) is 8.57. The van der Waals surface area contributed by atoms with Crippen molar-refractivity contribution in [2.75, 3.05) is 0 Å². The van der Waals surface area contributed by atoms with Gasteiger partial charge >= 0.3 is 0 Å². The van der Waals surface area contributed by atoms with Gasteiger partial charge < -0.3 is 4.98 Å². The number of rotatable bonds is 2. The molecule has 0 spiro atoms. The molecule has 1 aromatic heterocycles. The molecule has 2 aliphatic rings. The van der Waals surface area contributed by atoms with Gasteiger partial charge in [-0.1, -0.05) is 67.9 Å². The number of allylic oxidation sites excluding steroid dienone is 2. The summed E-state index contributed by atoms with van der Waals surface area (Å²) in [4.78, 5) is 16.3. The largest absolute Gasteiger partial charge is 0.368 e. The average Bonchev–Trinajstić information content (AvgIpc) is 3.45. The first-order chi connectivity index (χ1) is 17.0. The van der Waals surface area contributed by atoms with E-state index in [1.54, 1.807) is 18.2 Å². The molecule has 6 rings (SSSR count). The number of carbonyl (C=O) groups excluding carboxylic acids is 1. The number of fused-ring (bicyclic) bond motifs is 5. The van der Waals surface area contributed by atoms with Crippen molar-refractivity contribution in [3.63, 3.8) is 0 Å². The second-order valence-corrected chi connectivity index (χ2v) is 9.82. The number of ketones is 1. The van der Waals surface area contributed by atoms with E-state index in [-0.39, 0.29) is 22.6 Å². The number of halogens is 2. The van der Waals surface area contributed by atoms with E-state index in [0.717, 1.165) is 40.7 Å². The Morgan fingerprint density at radius 2 is 1.71 bits per heavy atom. The Kier molecular flexibility index (Phi) is 6.44. The Balaban J connectivity index is 0.000000453. The molecule has 0 saturated heterocycles. The van der Waals surface area contributed by atoms with Gasteiger partial charge in [0.05, 0.1) is 5.02 Å². The van der Waals surface area contributed by atoms with Crippen LogP contribution in [0.25, 0.3) is 16.7 Å². The molecule has 1 N–H and O–H groups in total. The molecule has 0 aliphatic heterocycles. The van der Waals surface area contributed by atoms with Crippen LogP contribution in [0.1, 0.15) is 52.4 Å². The Bertz CT molecular complexity index is 1400. The number of carbonyl (C=O) groups is 1. The van der Waals surface area contributed by atoms with Crippen LogP contribution in [0.15, 0.2) is 85.2 Å². The summed E-state index contributed by atoms with van der Waals surface area (Å²) >= 11 is 6.05. The van der Waals surface area contributed by atoms with Crippen LogP contribution < -0.4 is 0 Å². The van der Waals surface area contributed by atoms with E-state index in [1.807, 2.05) is 24.5 Å². The molecule has 4 aromatic rings. The van der Waals surface area contributed by atoms with Crippen LogP contribution in [0.2, 0.25) is 5.02 Å². The molecule has 0 bridgehead atoms. The minimum absolute atomic E-state index is 0.0357. The third-order valence-electron chi connectivity index (χ3n) is 6.92. The normalized spacial score (nSPS) is 16.0. The number of benzene rings is 3. The maximum atomic E-state index is 13.7. The highest BCUT2D eigenvalue weighted by Gasteiger charge is 2.34. The Morgan fingerprint density at radius 3 is 2.40 bits per heavy atom. The molecule has 2 aliphatic carbocycles. The molecule has 1 unspecified atom stereocenters. The van der Waals surface area contributed by atoms with E-state index in [1.165, 1.54) is 22.8 Å². The van der Waals surface area contributed by atoms with Crippen LogP contribution in [0.5, 0.6) is 0 Å². The number of nitrogens with one attached hydrogen (secondary N) is 1. The third kappa shape index (κ3) is 4.37. The Morgan fingerprint density at radius 1 is 0.943 bits per heavy atom. The van der Waals surface area contributed by atoms with Gasteiger partial charge in [-0.15, -0.1) is 0 Å². The summed E-state index contributed by atoms with van der Waals surface area (Å²) in [5, 5.41) is 0.0798. The van der Waals surface area contributed by atoms with Gasteiger partial charge in [-0.05, 0) is 88.1 Å². The lowest BCUT2D eigenvalue weighted by molar-refractivity contribution is 0.104. The van der Waals surface area contributed by atoms with E-state index in [9.17, 15) is 9.18 Å². The SMILES string of the molecule is CC(C)C1C(c2ccc(F)c(Cl)c2)=CC(=O)c2c1ccc1c2CCc2ccccc2-1.c1cc[nH]c1. The molecule has 0 saturated carbocycles. The van der Waals surface area contributed by atoms with Crippen LogP contribution in [0.4, 0.5) is 4.39 Å². The molecule has 0 amide bonds. The zero-order chi connectivity index (χ0) is 24.5. The minimum Gasteiger partial charge on any atom is -0.368 e. The first-order valence-corrected chi connectivity index (χ1v) is 12.4. The molecule has 3 aromatic carbocycles. The fourth-order valence-electron chi connectivity index (χ4n) is 5.39. The third-order valence-corrected chi connectivity index (χ3v) is 7.21. The van der Waals surface area contributed by atoms with E-state index in [0.29, 0.717) is 0 Å². The first-order valence-electron chi connectivity index (χ1n) is 12.0. The van der Waals surface area contributed by atoms with Gasteiger partial charge in [0.1, 0.15) is 5.82 Å². The fourth-order valence-corrected chi connectivity index (χ4v) is 5.57. The predicted molar refractivity (Wildman–Crippen MR) is 141 cm³/mol. The molecule has 35 heavy (non-hydrogen) atoms. The number of aromatic amines is 1. The van der Waals surface area contributed by atoms with Crippen LogP contribution in [-0.4, -0.2) is 10.8 Å². The van der Waals surface area contributed by atoms with Gasteiger partial charge in [0.25, 0.3) is 0 Å². The molecule has 176 valence electrons. The molecular weight excluding hydrogens is 457 g/mol. The molecule has 0 radical (unpaired) electrons. The van der Waals surface area contributed by atoms with E-state index < -0.39 is 5.82 Å². The summed E-state index contributed by atoms with van der Waals surface area (Å²) in [6.07, 6.45) is 7.32. The highest BCUT2D eigenvalue weighted by atomic mass is 35.5. The van der Waals surface area contributed by atoms with E-state index in [2.05, 4.69) is 55.2 Å². The lowest BCUT2D eigenvalue weighted by atomic mass is 9.70. The molecular formula is C31H27ClFNO. The van der Waals surface area contributed by atoms with Crippen molar-refractivity contribution in [2.24, 2.45) is 5.92 Å². The van der Waals surface area contributed by atoms with Crippen molar-refractivity contribution >= 4 is 23.0 Å². The smallest absolute Gasteiger partial charge is 0.186 e. The van der Waals surface area contributed by atoms with E-state index in [4.69, 9.17) is 11.6 Å². The molecule has 1 heterocycles. The van der Waals surface area contributed by atoms with Gasteiger partial charge in [-0.25, -0.2) is 4.39 Å². The molecule has 0 fully saturated rings. The second kappa shape index (κ2) is 9.67. The highest BCUT2D eigenvalue weighted by molar-refractivity contribution is 6.31. The van der Waals surface area contributed by atoms with Gasteiger partial charge in [0.15, 0.2) is 5.78 Å². The lowest BCUT2D eigenvalue weighted by Gasteiger charge is -2.33. The van der Waals surface area contributed by atoms with Crippen molar-refractivity contribution in [1.82, 2.24) is 4.98 Å². The second-order valence-electron chi connectivity index (χ2n) is 9.41. The van der Waals surface area contributed by atoms with E-state index >= 15 is 0 Å². The maximum Gasteiger partial charge on any atom is 0.186 e. The number of aryl methyl sites for hydroxylation is 1. The van der Waals surface area contributed by atoms with Crippen molar-refractivity contribution < 1.29 is 9.18 Å². The topological polar surface area (TPSA) is 32.9 Å². The zero-order valence-corrected chi connectivity index (χ0v) is 20.6. The van der Waals surface area contributed by atoms with Crippen LogP contribution in [0, 0.1) is 11.7 Å². The molecule has 2 nitrogen and oxygen atoms in total. The van der Waals surface area contributed by atoms with Crippen LogP contribution in [0.3, 0.4) is 0 Å². The van der Waals surface area contributed by atoms with Crippen molar-refractivity contribution in [2.45, 2.75) is 32.6 Å². The fraction of sp³-hybridized carbons (Fsp3) is 0.194. The quantitative estimate of drug-likeness (QED) is 0.305. The predicted octanol–water partition coefficient (Wildman–Crippen LogP) is 8.28. The van der Waals surface area contributed by atoms with Crippen molar-refractivity contribution in [3.05, 3.63) is 124 Å². The summed E-state index contributed by atoms with van der Waals surface area (Å²) < 4.78 is 13.7. The molecule has 4 heteroatoms. The van der Waals surface area contributed by atoms with Crippen molar-refractivity contribution in [1.29, 1.82) is 0 Å². The number of hydrogen-bond acceptors (Lipinski definition) is 1. The highest BCUT2D eigenvalue weighted by Crippen LogP contribution is 2.47. The van der Waals surface area contributed by atoms with Gasteiger partial charge in [-0.3, -0.25) is 4.79 Å². The maximum absolute atomic E-state index is 13.7. The average molecular weight is 484 g/mol. The van der Waals surface area contributed by atoms with Gasteiger partial charge in [0.2, 0.25) is 0 Å². The number of H-pyrrole nitrogens is 1. The lowest BCUT2D eigenvalue weighted by Crippen LogP contribution is -2.22. The van der Waals surface area contributed by atoms with Gasteiger partial charge in [-0.2, -0.15) is 0 Å². The van der Waals surface area contributed by atoms with Crippen LogP contribution >= 0.6 is 11.6 Å². The standard InChI is InChI=1S/C27H22ClFO.C4H5N/c1-15(2)26-21-11-10-19-18-6-4-3-5-16(18)7-9-20(19)27(21)25(30)14-22(26)17-8-12-24(29)23(28)13-17;1-2-4-5-3-1/h3-6,8,10-15,26H,7,9H2,1-2H3;1-5H. The number of hydrogen-bond donors (Lipinski definition) is 1. The monoisotopic (exact) mass is 483 g/mol. The number of aromatic nitrogens is 1. The molecule has 1 atom stereocenters.